The van der Waals surface area contributed by atoms with Crippen LogP contribution in [0.2, 0.25) is 5.02 Å². The van der Waals surface area contributed by atoms with Gasteiger partial charge in [-0.25, -0.2) is 4.68 Å². The highest BCUT2D eigenvalue weighted by atomic mass is 35.5. The normalized spacial score (nSPS) is 11.1. The molecular formula is C16H22ClN3. The van der Waals surface area contributed by atoms with Gasteiger partial charge < -0.3 is 5.32 Å². The molecule has 108 valence electrons. The van der Waals surface area contributed by atoms with Gasteiger partial charge in [0.05, 0.1) is 11.4 Å². The fraction of sp³-hybridized carbons (Fsp3) is 0.438. The second-order valence-electron chi connectivity index (χ2n) is 5.44. The van der Waals surface area contributed by atoms with Gasteiger partial charge in [0.25, 0.3) is 0 Å². The van der Waals surface area contributed by atoms with Crippen molar-refractivity contribution >= 4 is 17.4 Å². The van der Waals surface area contributed by atoms with Gasteiger partial charge in [0.2, 0.25) is 0 Å². The van der Waals surface area contributed by atoms with E-state index in [9.17, 15) is 0 Å². The van der Waals surface area contributed by atoms with Crippen molar-refractivity contribution in [3.8, 4) is 5.69 Å². The summed E-state index contributed by atoms with van der Waals surface area (Å²) in [5.41, 5.74) is 2.10. The van der Waals surface area contributed by atoms with Gasteiger partial charge in [-0.05, 0) is 37.0 Å². The lowest BCUT2D eigenvalue weighted by Crippen LogP contribution is -2.07. The first-order valence-electron chi connectivity index (χ1n) is 7.19. The molecule has 0 spiro atoms. The number of hydrogen-bond donors (Lipinski definition) is 1. The molecule has 0 unspecified atom stereocenters. The largest absolute Gasteiger partial charge is 0.370 e. The van der Waals surface area contributed by atoms with Crippen LogP contribution in [0.25, 0.3) is 5.69 Å². The maximum atomic E-state index is 6.08. The van der Waals surface area contributed by atoms with E-state index in [-0.39, 0.29) is 0 Å². The average Bonchev–Trinajstić information content (AvgIpc) is 2.78. The molecule has 0 aliphatic carbocycles. The molecule has 0 saturated carbocycles. The van der Waals surface area contributed by atoms with E-state index >= 15 is 0 Å². The zero-order chi connectivity index (χ0) is 14.5. The molecule has 0 saturated heterocycles. The quantitative estimate of drug-likeness (QED) is 0.846. The van der Waals surface area contributed by atoms with Crippen LogP contribution in [-0.4, -0.2) is 16.3 Å². The minimum atomic E-state index is 0.594. The fourth-order valence-corrected chi connectivity index (χ4v) is 2.32. The monoisotopic (exact) mass is 291 g/mol. The molecule has 2 rings (SSSR count). The first kappa shape index (κ1) is 14.9. The van der Waals surface area contributed by atoms with Crippen LogP contribution >= 0.6 is 11.6 Å². The van der Waals surface area contributed by atoms with Crippen molar-refractivity contribution in [3.63, 3.8) is 0 Å². The van der Waals surface area contributed by atoms with E-state index in [1.54, 1.807) is 0 Å². The minimum absolute atomic E-state index is 0.594. The van der Waals surface area contributed by atoms with Gasteiger partial charge in [-0.3, -0.25) is 0 Å². The van der Waals surface area contributed by atoms with Crippen molar-refractivity contribution in [2.24, 2.45) is 5.92 Å². The number of aromatic nitrogens is 2. The third kappa shape index (κ3) is 3.76. The van der Waals surface area contributed by atoms with E-state index in [2.05, 4.69) is 32.2 Å². The molecule has 0 bridgehead atoms. The summed E-state index contributed by atoms with van der Waals surface area (Å²) < 4.78 is 1.94. The lowest BCUT2D eigenvalue weighted by molar-refractivity contribution is 0.628. The predicted octanol–water partition coefficient (Wildman–Crippen LogP) is 4.55. The lowest BCUT2D eigenvalue weighted by Gasteiger charge is -2.09. The van der Waals surface area contributed by atoms with E-state index in [0.29, 0.717) is 5.92 Å². The standard InChI is InChI=1S/C16H22ClN3/c1-4-8-18-16-11-14(9-12(2)3)19-20(16)15-7-5-6-13(17)10-15/h5-7,10-12,18H,4,8-9H2,1-3H3. The van der Waals surface area contributed by atoms with Gasteiger partial charge in [-0.15, -0.1) is 0 Å². The zero-order valence-corrected chi connectivity index (χ0v) is 13.1. The van der Waals surface area contributed by atoms with Gasteiger partial charge in [-0.1, -0.05) is 38.4 Å². The molecule has 1 aromatic carbocycles. The first-order valence-corrected chi connectivity index (χ1v) is 7.56. The molecule has 0 amide bonds. The topological polar surface area (TPSA) is 29.9 Å². The van der Waals surface area contributed by atoms with Crippen LogP contribution in [-0.2, 0) is 6.42 Å². The summed E-state index contributed by atoms with van der Waals surface area (Å²) in [5.74, 6) is 1.63. The molecular weight excluding hydrogens is 270 g/mol. The highest BCUT2D eigenvalue weighted by Gasteiger charge is 2.10. The van der Waals surface area contributed by atoms with Crippen LogP contribution in [0, 0.1) is 5.92 Å². The van der Waals surface area contributed by atoms with E-state index in [4.69, 9.17) is 16.7 Å². The van der Waals surface area contributed by atoms with Crippen molar-refractivity contribution in [2.75, 3.05) is 11.9 Å². The highest BCUT2D eigenvalue weighted by molar-refractivity contribution is 6.30. The molecule has 1 aromatic heterocycles. The Morgan fingerprint density at radius 2 is 2.10 bits per heavy atom. The minimum Gasteiger partial charge on any atom is -0.370 e. The number of nitrogens with zero attached hydrogens (tertiary/aromatic N) is 2. The number of hydrogen-bond acceptors (Lipinski definition) is 2. The van der Waals surface area contributed by atoms with Crippen molar-refractivity contribution in [1.29, 1.82) is 0 Å². The van der Waals surface area contributed by atoms with Gasteiger partial charge in [0.15, 0.2) is 0 Å². The Labute approximate surface area is 126 Å². The molecule has 0 radical (unpaired) electrons. The third-order valence-corrected chi connectivity index (χ3v) is 3.22. The maximum absolute atomic E-state index is 6.08. The number of benzene rings is 1. The van der Waals surface area contributed by atoms with E-state index in [1.807, 2.05) is 28.9 Å². The smallest absolute Gasteiger partial charge is 0.130 e. The number of anilines is 1. The first-order chi connectivity index (χ1) is 9.60. The summed E-state index contributed by atoms with van der Waals surface area (Å²) in [4.78, 5) is 0. The predicted molar refractivity (Wildman–Crippen MR) is 85.9 cm³/mol. The van der Waals surface area contributed by atoms with E-state index < -0.39 is 0 Å². The second-order valence-corrected chi connectivity index (χ2v) is 5.87. The van der Waals surface area contributed by atoms with Crippen molar-refractivity contribution < 1.29 is 0 Å². The Morgan fingerprint density at radius 1 is 1.30 bits per heavy atom. The Kier molecular flexibility index (Phi) is 5.07. The summed E-state index contributed by atoms with van der Waals surface area (Å²) >= 11 is 6.08. The SMILES string of the molecule is CCCNc1cc(CC(C)C)nn1-c1cccc(Cl)c1. The highest BCUT2D eigenvalue weighted by Crippen LogP contribution is 2.21. The summed E-state index contributed by atoms with van der Waals surface area (Å²) in [6.45, 7) is 7.50. The van der Waals surface area contributed by atoms with Crippen LogP contribution < -0.4 is 5.32 Å². The van der Waals surface area contributed by atoms with Gasteiger partial charge in [-0.2, -0.15) is 5.10 Å². The molecule has 0 fully saturated rings. The molecule has 0 aliphatic rings. The lowest BCUT2D eigenvalue weighted by atomic mass is 10.1. The molecule has 1 heterocycles. The Hall–Kier alpha value is -1.48. The summed E-state index contributed by atoms with van der Waals surface area (Å²) in [6, 6.07) is 9.92. The number of halogens is 1. The fourth-order valence-electron chi connectivity index (χ4n) is 2.13. The van der Waals surface area contributed by atoms with E-state index in [0.717, 1.165) is 41.6 Å². The van der Waals surface area contributed by atoms with Crippen LogP contribution in [0.4, 0.5) is 5.82 Å². The van der Waals surface area contributed by atoms with E-state index in [1.165, 1.54) is 0 Å². The van der Waals surface area contributed by atoms with Gasteiger partial charge in [0.1, 0.15) is 5.82 Å². The summed E-state index contributed by atoms with van der Waals surface area (Å²) in [6.07, 6.45) is 2.06. The Bertz CT molecular complexity index is 561. The average molecular weight is 292 g/mol. The van der Waals surface area contributed by atoms with Crippen molar-refractivity contribution in [3.05, 3.63) is 41.0 Å². The molecule has 20 heavy (non-hydrogen) atoms. The summed E-state index contributed by atoms with van der Waals surface area (Å²) in [7, 11) is 0. The summed E-state index contributed by atoms with van der Waals surface area (Å²) in [5, 5.41) is 8.87. The molecule has 1 N–H and O–H groups in total. The third-order valence-electron chi connectivity index (χ3n) is 2.99. The Balaban J connectivity index is 2.35. The van der Waals surface area contributed by atoms with Crippen LogP contribution in [0.1, 0.15) is 32.9 Å². The van der Waals surface area contributed by atoms with Crippen molar-refractivity contribution in [2.45, 2.75) is 33.6 Å². The Morgan fingerprint density at radius 3 is 2.75 bits per heavy atom. The zero-order valence-electron chi connectivity index (χ0n) is 12.4. The molecule has 4 heteroatoms. The number of nitrogens with one attached hydrogen (secondary N) is 1. The molecule has 2 aromatic rings. The van der Waals surface area contributed by atoms with Gasteiger partial charge >= 0.3 is 0 Å². The van der Waals surface area contributed by atoms with Crippen LogP contribution in [0.3, 0.4) is 0 Å². The van der Waals surface area contributed by atoms with Crippen molar-refractivity contribution in [1.82, 2.24) is 9.78 Å². The second kappa shape index (κ2) is 6.80. The van der Waals surface area contributed by atoms with Crippen LogP contribution in [0.5, 0.6) is 0 Å². The number of rotatable bonds is 6. The maximum Gasteiger partial charge on any atom is 0.130 e. The molecule has 0 atom stereocenters. The van der Waals surface area contributed by atoms with Crippen LogP contribution in [0.15, 0.2) is 30.3 Å². The molecule has 0 aliphatic heterocycles. The van der Waals surface area contributed by atoms with Gasteiger partial charge in [0, 0.05) is 17.6 Å². The molecule has 3 nitrogen and oxygen atoms in total.